The van der Waals surface area contributed by atoms with Gasteiger partial charge in [-0.2, -0.15) is 0 Å². The number of hydrogen-bond donors (Lipinski definition) is 2. The number of nitro groups is 1. The zero-order valence-corrected chi connectivity index (χ0v) is 12.0. The summed E-state index contributed by atoms with van der Waals surface area (Å²) >= 11 is 3.26. The van der Waals surface area contributed by atoms with Gasteiger partial charge in [0.1, 0.15) is 0 Å². The van der Waals surface area contributed by atoms with Crippen molar-refractivity contribution in [1.82, 2.24) is 5.32 Å². The number of benzene rings is 1. The molecule has 0 amide bonds. The summed E-state index contributed by atoms with van der Waals surface area (Å²) in [7, 11) is 0. The lowest BCUT2D eigenvalue weighted by atomic mass is 10.0. The van der Waals surface area contributed by atoms with Gasteiger partial charge in [0.25, 0.3) is 5.69 Å². The number of nitro benzene ring substituents is 1. The van der Waals surface area contributed by atoms with Crippen LogP contribution in [0.3, 0.4) is 0 Å². The molecular formula is C12H17BrN2O3. The molecule has 1 rings (SSSR count). The Morgan fingerprint density at radius 2 is 2.17 bits per heavy atom. The van der Waals surface area contributed by atoms with Gasteiger partial charge in [-0.25, -0.2) is 0 Å². The second-order valence-electron chi connectivity index (χ2n) is 4.72. The minimum absolute atomic E-state index is 0.0641. The molecule has 0 heterocycles. The minimum Gasteiger partial charge on any atom is -0.396 e. The Morgan fingerprint density at radius 1 is 1.50 bits per heavy atom. The molecule has 0 aromatic heterocycles. The Morgan fingerprint density at radius 3 is 2.72 bits per heavy atom. The highest BCUT2D eigenvalue weighted by Crippen LogP contribution is 2.28. The van der Waals surface area contributed by atoms with E-state index in [0.29, 0.717) is 17.4 Å². The molecule has 0 atom stereocenters. The molecule has 5 nitrogen and oxygen atoms in total. The average molecular weight is 317 g/mol. The van der Waals surface area contributed by atoms with Gasteiger partial charge < -0.3 is 10.4 Å². The first kappa shape index (κ1) is 15.1. The molecule has 0 spiro atoms. The van der Waals surface area contributed by atoms with E-state index in [1.807, 2.05) is 19.9 Å². The summed E-state index contributed by atoms with van der Waals surface area (Å²) in [6.07, 6.45) is 0.625. The number of aliphatic hydroxyl groups is 1. The summed E-state index contributed by atoms with van der Waals surface area (Å²) in [5, 5.41) is 23.0. The van der Waals surface area contributed by atoms with Gasteiger partial charge in [-0.3, -0.25) is 10.1 Å². The van der Waals surface area contributed by atoms with Crippen LogP contribution >= 0.6 is 15.9 Å². The van der Waals surface area contributed by atoms with Crippen molar-refractivity contribution in [2.75, 3.05) is 6.61 Å². The molecule has 1 aromatic carbocycles. The molecule has 0 saturated heterocycles. The molecular weight excluding hydrogens is 300 g/mol. The summed E-state index contributed by atoms with van der Waals surface area (Å²) in [5.41, 5.74) is 0.684. The van der Waals surface area contributed by atoms with Crippen LogP contribution in [0.15, 0.2) is 22.7 Å². The van der Waals surface area contributed by atoms with Crippen molar-refractivity contribution in [2.24, 2.45) is 0 Å². The third kappa shape index (κ3) is 4.04. The molecule has 6 heteroatoms. The highest BCUT2D eigenvalue weighted by atomic mass is 79.9. The highest BCUT2D eigenvalue weighted by molar-refractivity contribution is 9.10. The van der Waals surface area contributed by atoms with E-state index in [2.05, 4.69) is 21.2 Å². The van der Waals surface area contributed by atoms with E-state index < -0.39 is 4.92 Å². The topological polar surface area (TPSA) is 75.4 Å². The van der Waals surface area contributed by atoms with Crippen molar-refractivity contribution < 1.29 is 10.0 Å². The molecule has 1 aromatic rings. The van der Waals surface area contributed by atoms with Gasteiger partial charge in [-0.15, -0.1) is 0 Å². The predicted octanol–water partition coefficient (Wildman–Crippen LogP) is 2.61. The van der Waals surface area contributed by atoms with Crippen molar-refractivity contribution in [3.63, 3.8) is 0 Å². The van der Waals surface area contributed by atoms with E-state index in [4.69, 9.17) is 5.11 Å². The number of halogens is 1. The number of hydrogen-bond acceptors (Lipinski definition) is 4. The van der Waals surface area contributed by atoms with Crippen LogP contribution in [0.1, 0.15) is 25.8 Å². The largest absolute Gasteiger partial charge is 0.396 e. The fraction of sp³-hybridized carbons (Fsp3) is 0.500. The van der Waals surface area contributed by atoms with Crippen LogP contribution in [-0.2, 0) is 6.54 Å². The first-order chi connectivity index (χ1) is 8.37. The Bertz CT molecular complexity index is 435. The Balaban J connectivity index is 2.80. The lowest BCUT2D eigenvalue weighted by Gasteiger charge is -2.25. The number of nitrogens with zero attached hydrogens (tertiary/aromatic N) is 1. The Labute approximate surface area is 114 Å². The molecule has 100 valence electrons. The Hall–Kier alpha value is -0.980. The average Bonchev–Trinajstić information content (AvgIpc) is 2.27. The van der Waals surface area contributed by atoms with Crippen LogP contribution in [0.5, 0.6) is 0 Å². The third-order valence-corrected chi connectivity index (χ3v) is 3.66. The third-order valence-electron chi connectivity index (χ3n) is 2.75. The summed E-state index contributed by atoms with van der Waals surface area (Å²) in [6.45, 7) is 4.58. The second kappa shape index (κ2) is 6.26. The van der Waals surface area contributed by atoms with Crippen LogP contribution in [0, 0.1) is 10.1 Å². The molecule has 0 fully saturated rings. The standard InChI is InChI=1S/C12H17BrN2O3/c1-12(2,6-7-16)14-8-9-4-3-5-10(11(9)13)15(17)18/h3-5,14,16H,6-8H2,1-2H3. The van der Waals surface area contributed by atoms with Crippen molar-refractivity contribution in [1.29, 1.82) is 0 Å². The van der Waals surface area contributed by atoms with Gasteiger partial charge >= 0.3 is 0 Å². The molecule has 0 bridgehead atoms. The molecule has 0 unspecified atom stereocenters. The quantitative estimate of drug-likeness (QED) is 0.625. The molecule has 0 aliphatic rings. The minimum atomic E-state index is -0.410. The highest BCUT2D eigenvalue weighted by Gasteiger charge is 2.19. The predicted molar refractivity (Wildman–Crippen MR) is 73.4 cm³/mol. The first-order valence-electron chi connectivity index (χ1n) is 5.65. The van der Waals surface area contributed by atoms with E-state index in [9.17, 15) is 10.1 Å². The van der Waals surface area contributed by atoms with Crippen LogP contribution < -0.4 is 5.32 Å². The summed E-state index contributed by atoms with van der Waals surface area (Å²) in [5.74, 6) is 0. The molecule has 0 radical (unpaired) electrons. The summed E-state index contributed by atoms with van der Waals surface area (Å²) in [6, 6.07) is 4.96. The van der Waals surface area contributed by atoms with E-state index >= 15 is 0 Å². The van der Waals surface area contributed by atoms with Gasteiger partial charge in [0.05, 0.1) is 9.40 Å². The maximum Gasteiger partial charge on any atom is 0.283 e. The molecule has 0 aliphatic heterocycles. The van der Waals surface area contributed by atoms with E-state index in [1.165, 1.54) is 6.07 Å². The van der Waals surface area contributed by atoms with Crippen LogP contribution in [0.4, 0.5) is 5.69 Å². The van der Waals surface area contributed by atoms with Crippen LogP contribution in [0.2, 0.25) is 0 Å². The van der Waals surface area contributed by atoms with Gasteiger partial charge in [0.15, 0.2) is 0 Å². The van der Waals surface area contributed by atoms with Crippen molar-refractivity contribution in [3.8, 4) is 0 Å². The number of aliphatic hydroxyl groups excluding tert-OH is 1. The maximum atomic E-state index is 10.8. The molecule has 0 aliphatic carbocycles. The normalized spacial score (nSPS) is 11.6. The monoisotopic (exact) mass is 316 g/mol. The van der Waals surface area contributed by atoms with Gasteiger partial charge in [0.2, 0.25) is 0 Å². The first-order valence-corrected chi connectivity index (χ1v) is 6.44. The van der Waals surface area contributed by atoms with Crippen LogP contribution in [-0.4, -0.2) is 22.2 Å². The molecule has 2 N–H and O–H groups in total. The zero-order chi connectivity index (χ0) is 13.8. The maximum absolute atomic E-state index is 10.8. The van der Waals surface area contributed by atoms with Gasteiger partial charge in [0, 0.05) is 24.8 Å². The second-order valence-corrected chi connectivity index (χ2v) is 5.51. The van der Waals surface area contributed by atoms with Crippen LogP contribution in [0.25, 0.3) is 0 Å². The fourth-order valence-electron chi connectivity index (χ4n) is 1.55. The SMILES string of the molecule is CC(C)(CCO)NCc1cccc([N+](=O)[O-])c1Br. The van der Waals surface area contributed by atoms with Gasteiger partial charge in [-0.05, 0) is 41.8 Å². The lowest BCUT2D eigenvalue weighted by Crippen LogP contribution is -2.39. The van der Waals surface area contributed by atoms with Crippen molar-refractivity contribution in [3.05, 3.63) is 38.3 Å². The van der Waals surface area contributed by atoms with Crippen molar-refractivity contribution in [2.45, 2.75) is 32.4 Å². The summed E-state index contributed by atoms with van der Waals surface area (Å²) in [4.78, 5) is 10.4. The number of rotatable bonds is 6. The number of nitrogens with one attached hydrogen (secondary N) is 1. The van der Waals surface area contributed by atoms with Crippen molar-refractivity contribution >= 4 is 21.6 Å². The smallest absolute Gasteiger partial charge is 0.283 e. The molecule has 0 saturated carbocycles. The summed E-state index contributed by atoms with van der Waals surface area (Å²) < 4.78 is 0.502. The Kier molecular flexibility index (Phi) is 5.25. The van der Waals surface area contributed by atoms with Gasteiger partial charge in [-0.1, -0.05) is 12.1 Å². The molecule has 18 heavy (non-hydrogen) atoms. The van der Waals surface area contributed by atoms with E-state index in [1.54, 1.807) is 6.07 Å². The van der Waals surface area contributed by atoms with E-state index in [-0.39, 0.29) is 17.8 Å². The fourth-order valence-corrected chi connectivity index (χ4v) is 2.10. The van der Waals surface area contributed by atoms with E-state index in [0.717, 1.165) is 5.56 Å². The lowest BCUT2D eigenvalue weighted by molar-refractivity contribution is -0.385. The zero-order valence-electron chi connectivity index (χ0n) is 10.4.